The summed E-state index contributed by atoms with van der Waals surface area (Å²) in [6, 6.07) is 4.86. The second kappa shape index (κ2) is 5.64. The maximum atomic E-state index is 9.35. The van der Waals surface area contributed by atoms with Gasteiger partial charge in [-0.2, -0.15) is 0 Å². The highest BCUT2D eigenvalue weighted by Crippen LogP contribution is 2.42. The highest BCUT2D eigenvalue weighted by Gasteiger charge is 2.18. The van der Waals surface area contributed by atoms with Gasteiger partial charge in [0.25, 0.3) is 0 Å². The van der Waals surface area contributed by atoms with Gasteiger partial charge in [-0.25, -0.2) is 4.98 Å². The molecule has 0 fully saturated rings. The fourth-order valence-electron chi connectivity index (χ4n) is 1.62. The Balaban J connectivity index is 2.81. The topological polar surface area (TPSA) is 33.1 Å². The van der Waals surface area contributed by atoms with E-state index in [2.05, 4.69) is 4.98 Å². The molecule has 0 aliphatic carbocycles. The van der Waals surface area contributed by atoms with Crippen LogP contribution in [0.3, 0.4) is 0 Å². The van der Waals surface area contributed by atoms with E-state index < -0.39 is 0 Å². The number of aromatic nitrogens is 1. The second-order valence-electron chi connectivity index (χ2n) is 3.51. The Morgan fingerprint density at radius 2 is 1.61 bits per heavy atom. The molecule has 0 saturated heterocycles. The third-order valence-corrected chi connectivity index (χ3v) is 3.86. The molecule has 0 aliphatic rings. The summed E-state index contributed by atoms with van der Waals surface area (Å²) in [5, 5.41) is 10.6. The predicted octanol–water partition coefficient (Wildman–Crippen LogP) is 4.85. The van der Waals surface area contributed by atoms with Gasteiger partial charge in [0, 0.05) is 17.3 Å². The van der Waals surface area contributed by atoms with Gasteiger partial charge in [-0.15, -0.1) is 0 Å². The van der Waals surface area contributed by atoms with E-state index in [4.69, 9.17) is 46.4 Å². The average Bonchev–Trinajstić information content (AvgIpc) is 2.36. The molecule has 6 heteroatoms. The first kappa shape index (κ1) is 13.9. The first-order valence-electron chi connectivity index (χ1n) is 4.94. The first-order valence-corrected chi connectivity index (χ1v) is 6.45. The largest absolute Gasteiger partial charge is 0.392 e. The normalized spacial score (nSPS) is 10.7. The number of aliphatic hydroxyl groups excluding tert-OH is 1. The molecule has 0 saturated carbocycles. The fourth-order valence-corrected chi connectivity index (χ4v) is 2.61. The van der Waals surface area contributed by atoms with Crippen LogP contribution in [-0.4, -0.2) is 10.1 Å². The van der Waals surface area contributed by atoms with Crippen molar-refractivity contribution in [1.29, 1.82) is 0 Å². The quantitative estimate of drug-likeness (QED) is 0.633. The molecule has 1 N–H and O–H groups in total. The van der Waals surface area contributed by atoms with Crippen LogP contribution in [0.5, 0.6) is 0 Å². The molecule has 2 nitrogen and oxygen atoms in total. The first-order chi connectivity index (χ1) is 8.56. The minimum Gasteiger partial charge on any atom is -0.392 e. The maximum absolute atomic E-state index is 9.35. The Labute approximate surface area is 124 Å². The number of rotatable bonds is 2. The third kappa shape index (κ3) is 2.44. The van der Waals surface area contributed by atoms with Crippen molar-refractivity contribution in [2.75, 3.05) is 0 Å². The fraction of sp³-hybridized carbons (Fsp3) is 0.0833. The minimum atomic E-state index is -0.198. The maximum Gasteiger partial charge on any atom is 0.137 e. The van der Waals surface area contributed by atoms with E-state index in [0.717, 1.165) is 0 Å². The van der Waals surface area contributed by atoms with Crippen molar-refractivity contribution in [2.45, 2.75) is 6.61 Å². The molecular formula is C12H7Cl4NO. The van der Waals surface area contributed by atoms with Crippen LogP contribution in [0.25, 0.3) is 11.1 Å². The molecule has 1 aromatic carbocycles. The van der Waals surface area contributed by atoms with Crippen LogP contribution in [-0.2, 0) is 6.61 Å². The number of pyridine rings is 1. The van der Waals surface area contributed by atoms with E-state index >= 15 is 0 Å². The zero-order valence-corrected chi connectivity index (χ0v) is 11.9. The van der Waals surface area contributed by atoms with Crippen molar-refractivity contribution in [1.82, 2.24) is 4.98 Å². The molecule has 0 radical (unpaired) electrons. The van der Waals surface area contributed by atoms with Crippen molar-refractivity contribution in [2.24, 2.45) is 0 Å². The molecule has 18 heavy (non-hydrogen) atoms. The van der Waals surface area contributed by atoms with Gasteiger partial charge in [-0.3, -0.25) is 0 Å². The van der Waals surface area contributed by atoms with E-state index in [0.29, 0.717) is 26.7 Å². The van der Waals surface area contributed by atoms with Crippen LogP contribution in [0.4, 0.5) is 0 Å². The summed E-state index contributed by atoms with van der Waals surface area (Å²) in [6.45, 7) is -0.198. The minimum absolute atomic E-state index is 0.198. The van der Waals surface area contributed by atoms with Gasteiger partial charge < -0.3 is 5.11 Å². The molecule has 2 aromatic rings. The summed E-state index contributed by atoms with van der Waals surface area (Å²) in [6.07, 6.45) is 1.50. The Bertz CT molecular complexity index is 601. The number of aliphatic hydroxyl groups is 1. The predicted molar refractivity (Wildman–Crippen MR) is 75.6 cm³/mol. The van der Waals surface area contributed by atoms with Crippen LogP contribution >= 0.6 is 46.4 Å². The van der Waals surface area contributed by atoms with E-state index in [9.17, 15) is 5.11 Å². The Hall–Kier alpha value is -0.510. The molecule has 0 bridgehead atoms. The average molecular weight is 323 g/mol. The highest BCUT2D eigenvalue weighted by molar-refractivity contribution is 6.46. The third-order valence-electron chi connectivity index (χ3n) is 2.46. The van der Waals surface area contributed by atoms with Gasteiger partial charge in [-0.1, -0.05) is 46.4 Å². The lowest BCUT2D eigenvalue weighted by molar-refractivity contribution is 0.282. The summed E-state index contributed by atoms with van der Waals surface area (Å²) in [5.41, 5.74) is 1.56. The van der Waals surface area contributed by atoms with Gasteiger partial charge in [0.2, 0.25) is 0 Å². The van der Waals surface area contributed by atoms with Gasteiger partial charge in [0.05, 0.1) is 21.7 Å². The number of hydrogen-bond acceptors (Lipinski definition) is 2. The van der Waals surface area contributed by atoms with Crippen LogP contribution in [0.2, 0.25) is 20.2 Å². The van der Waals surface area contributed by atoms with Crippen molar-refractivity contribution in [3.63, 3.8) is 0 Å². The van der Waals surface area contributed by atoms with Crippen molar-refractivity contribution in [3.05, 3.63) is 50.2 Å². The van der Waals surface area contributed by atoms with Gasteiger partial charge in [0.1, 0.15) is 5.15 Å². The van der Waals surface area contributed by atoms with Crippen LogP contribution < -0.4 is 0 Å². The van der Waals surface area contributed by atoms with Gasteiger partial charge >= 0.3 is 0 Å². The van der Waals surface area contributed by atoms with Crippen LogP contribution in [0.15, 0.2) is 24.4 Å². The van der Waals surface area contributed by atoms with E-state index in [1.807, 2.05) is 0 Å². The molecule has 1 aromatic heterocycles. The lowest BCUT2D eigenvalue weighted by atomic mass is 10.0. The Morgan fingerprint density at radius 3 is 2.28 bits per heavy atom. The lowest BCUT2D eigenvalue weighted by Gasteiger charge is -2.13. The van der Waals surface area contributed by atoms with Crippen LogP contribution in [0.1, 0.15) is 5.56 Å². The summed E-state index contributed by atoms with van der Waals surface area (Å²) in [7, 11) is 0. The molecule has 0 amide bonds. The molecule has 94 valence electrons. The number of halogens is 4. The van der Waals surface area contributed by atoms with Crippen LogP contribution in [0, 0.1) is 0 Å². The van der Waals surface area contributed by atoms with Gasteiger partial charge in [-0.05, 0) is 23.8 Å². The van der Waals surface area contributed by atoms with E-state index in [1.54, 1.807) is 18.2 Å². The smallest absolute Gasteiger partial charge is 0.137 e. The zero-order chi connectivity index (χ0) is 13.3. The molecule has 0 aliphatic heterocycles. The van der Waals surface area contributed by atoms with Crippen molar-refractivity contribution >= 4 is 46.4 Å². The van der Waals surface area contributed by atoms with Gasteiger partial charge in [0.15, 0.2) is 0 Å². The second-order valence-corrected chi connectivity index (χ2v) is 5.06. The van der Waals surface area contributed by atoms with Crippen molar-refractivity contribution < 1.29 is 5.11 Å². The molecular weight excluding hydrogens is 316 g/mol. The molecule has 0 spiro atoms. The summed E-state index contributed by atoms with van der Waals surface area (Å²) in [5.74, 6) is 0. The standard InChI is InChI=1S/C12H7Cl4NO/c13-7-1-2-8(14)11(15)10(7)9-6(5-18)3-4-17-12(9)16/h1-4,18H,5H2. The molecule has 0 unspecified atom stereocenters. The summed E-state index contributed by atoms with van der Waals surface area (Å²) >= 11 is 24.3. The molecule has 2 rings (SSSR count). The van der Waals surface area contributed by atoms with E-state index in [1.165, 1.54) is 6.20 Å². The Kier molecular flexibility index (Phi) is 4.36. The summed E-state index contributed by atoms with van der Waals surface area (Å²) in [4.78, 5) is 3.97. The molecule has 1 heterocycles. The monoisotopic (exact) mass is 321 g/mol. The SMILES string of the molecule is OCc1ccnc(Cl)c1-c1c(Cl)ccc(Cl)c1Cl. The Morgan fingerprint density at radius 1 is 0.944 bits per heavy atom. The van der Waals surface area contributed by atoms with E-state index in [-0.39, 0.29) is 16.8 Å². The summed E-state index contributed by atoms with van der Waals surface area (Å²) < 4.78 is 0. The highest BCUT2D eigenvalue weighted by atomic mass is 35.5. The molecule has 0 atom stereocenters. The number of hydrogen-bond donors (Lipinski definition) is 1. The lowest BCUT2D eigenvalue weighted by Crippen LogP contribution is -1.94. The number of benzene rings is 1. The van der Waals surface area contributed by atoms with Crippen molar-refractivity contribution in [3.8, 4) is 11.1 Å². The number of nitrogens with zero attached hydrogens (tertiary/aromatic N) is 1. The zero-order valence-electron chi connectivity index (χ0n) is 8.92.